The topological polar surface area (TPSA) is 110 Å². The van der Waals surface area contributed by atoms with Crippen molar-refractivity contribution in [2.45, 2.75) is 12.8 Å². The van der Waals surface area contributed by atoms with Crippen LogP contribution in [0.4, 0.5) is 0 Å². The Morgan fingerprint density at radius 2 is 2.38 bits per heavy atom. The SMILES string of the molecule is NCC#Cc1cnccc1C(=O)NCCCc1ncn[nH]1. The second-order valence-electron chi connectivity index (χ2n) is 4.22. The van der Waals surface area contributed by atoms with Gasteiger partial charge in [-0.3, -0.25) is 14.9 Å². The van der Waals surface area contributed by atoms with Gasteiger partial charge in [0, 0.05) is 25.4 Å². The van der Waals surface area contributed by atoms with E-state index in [0.717, 1.165) is 18.7 Å². The van der Waals surface area contributed by atoms with Crippen LogP contribution in [0.1, 0.15) is 28.2 Å². The van der Waals surface area contributed by atoms with E-state index in [1.54, 1.807) is 18.5 Å². The van der Waals surface area contributed by atoms with E-state index in [0.29, 0.717) is 17.7 Å². The fourth-order valence-corrected chi connectivity index (χ4v) is 1.74. The zero-order chi connectivity index (χ0) is 14.9. The lowest BCUT2D eigenvalue weighted by Crippen LogP contribution is -2.25. The molecule has 0 aromatic carbocycles. The van der Waals surface area contributed by atoms with Crippen LogP contribution in [0, 0.1) is 11.8 Å². The Morgan fingerprint density at radius 1 is 1.48 bits per heavy atom. The van der Waals surface area contributed by atoms with Crippen LogP contribution in [-0.4, -0.2) is 39.2 Å². The number of pyridine rings is 1. The second kappa shape index (κ2) is 7.77. The lowest BCUT2D eigenvalue weighted by molar-refractivity contribution is 0.0953. The van der Waals surface area contributed by atoms with Gasteiger partial charge in [0.05, 0.1) is 17.7 Å². The van der Waals surface area contributed by atoms with Gasteiger partial charge in [-0.05, 0) is 12.5 Å². The highest BCUT2D eigenvalue weighted by Gasteiger charge is 2.09. The molecule has 2 aromatic heterocycles. The average Bonchev–Trinajstić information content (AvgIpc) is 3.03. The summed E-state index contributed by atoms with van der Waals surface area (Å²) in [7, 11) is 0. The maximum Gasteiger partial charge on any atom is 0.252 e. The smallest absolute Gasteiger partial charge is 0.252 e. The van der Waals surface area contributed by atoms with Crippen molar-refractivity contribution in [2.75, 3.05) is 13.1 Å². The van der Waals surface area contributed by atoms with Gasteiger partial charge in [0.2, 0.25) is 0 Å². The molecule has 0 atom stereocenters. The molecule has 2 heterocycles. The second-order valence-corrected chi connectivity index (χ2v) is 4.22. The molecule has 2 aromatic rings. The number of rotatable bonds is 5. The van der Waals surface area contributed by atoms with Crippen LogP contribution in [0.5, 0.6) is 0 Å². The molecule has 0 aliphatic carbocycles. The molecule has 0 saturated heterocycles. The number of carbonyl (C=O) groups is 1. The molecular formula is C14H16N6O. The van der Waals surface area contributed by atoms with Crippen LogP contribution in [0.3, 0.4) is 0 Å². The Morgan fingerprint density at radius 3 is 3.14 bits per heavy atom. The number of aryl methyl sites for hydroxylation is 1. The molecule has 0 aliphatic rings. The van der Waals surface area contributed by atoms with Gasteiger partial charge in [-0.1, -0.05) is 11.8 Å². The monoisotopic (exact) mass is 284 g/mol. The Kier molecular flexibility index (Phi) is 5.43. The number of aromatic nitrogens is 4. The van der Waals surface area contributed by atoms with Gasteiger partial charge in [0.25, 0.3) is 5.91 Å². The zero-order valence-electron chi connectivity index (χ0n) is 11.5. The van der Waals surface area contributed by atoms with Crippen molar-refractivity contribution in [2.24, 2.45) is 5.73 Å². The summed E-state index contributed by atoms with van der Waals surface area (Å²) in [4.78, 5) is 20.1. The Balaban J connectivity index is 1.88. The van der Waals surface area contributed by atoms with Gasteiger partial charge in [0.15, 0.2) is 0 Å². The van der Waals surface area contributed by atoms with Crippen molar-refractivity contribution in [3.63, 3.8) is 0 Å². The maximum absolute atomic E-state index is 12.1. The molecule has 4 N–H and O–H groups in total. The quantitative estimate of drug-likeness (QED) is 0.523. The fraction of sp³-hybridized carbons (Fsp3) is 0.286. The van der Waals surface area contributed by atoms with Gasteiger partial charge in [-0.15, -0.1) is 0 Å². The molecule has 0 saturated carbocycles. The predicted octanol–water partition coefficient (Wildman–Crippen LogP) is -0.128. The largest absolute Gasteiger partial charge is 0.352 e. The lowest BCUT2D eigenvalue weighted by Gasteiger charge is -2.06. The van der Waals surface area contributed by atoms with Crippen molar-refractivity contribution >= 4 is 5.91 Å². The lowest BCUT2D eigenvalue weighted by atomic mass is 10.1. The van der Waals surface area contributed by atoms with Crippen LogP contribution >= 0.6 is 0 Å². The first-order chi connectivity index (χ1) is 10.3. The third kappa shape index (κ3) is 4.40. The number of hydrogen-bond donors (Lipinski definition) is 3. The Bertz CT molecular complexity index is 641. The fourth-order valence-electron chi connectivity index (χ4n) is 1.74. The molecule has 0 bridgehead atoms. The Hall–Kier alpha value is -2.72. The maximum atomic E-state index is 12.1. The number of aromatic amines is 1. The van der Waals surface area contributed by atoms with E-state index in [-0.39, 0.29) is 12.5 Å². The average molecular weight is 284 g/mol. The van der Waals surface area contributed by atoms with E-state index in [2.05, 4.69) is 37.3 Å². The summed E-state index contributed by atoms with van der Waals surface area (Å²) in [5.74, 6) is 6.21. The molecule has 2 rings (SSSR count). The summed E-state index contributed by atoms with van der Waals surface area (Å²) in [6, 6.07) is 1.65. The van der Waals surface area contributed by atoms with E-state index in [9.17, 15) is 4.79 Å². The molecule has 0 unspecified atom stereocenters. The van der Waals surface area contributed by atoms with Crippen LogP contribution in [0.15, 0.2) is 24.8 Å². The summed E-state index contributed by atoms with van der Waals surface area (Å²) in [6.45, 7) is 0.790. The zero-order valence-corrected chi connectivity index (χ0v) is 11.5. The van der Waals surface area contributed by atoms with Gasteiger partial charge in [0.1, 0.15) is 12.2 Å². The van der Waals surface area contributed by atoms with Crippen molar-refractivity contribution in [1.82, 2.24) is 25.5 Å². The van der Waals surface area contributed by atoms with Crippen molar-refractivity contribution in [3.05, 3.63) is 41.7 Å². The summed E-state index contributed by atoms with van der Waals surface area (Å²) < 4.78 is 0. The minimum Gasteiger partial charge on any atom is -0.352 e. The Labute approximate surface area is 122 Å². The van der Waals surface area contributed by atoms with Crippen LogP contribution in [-0.2, 0) is 6.42 Å². The third-order valence-electron chi connectivity index (χ3n) is 2.73. The minimum atomic E-state index is -0.170. The van der Waals surface area contributed by atoms with E-state index < -0.39 is 0 Å². The molecule has 108 valence electrons. The highest BCUT2D eigenvalue weighted by molar-refractivity contribution is 5.96. The molecule has 7 nitrogen and oxygen atoms in total. The van der Waals surface area contributed by atoms with Gasteiger partial charge in [-0.2, -0.15) is 5.10 Å². The highest BCUT2D eigenvalue weighted by Crippen LogP contribution is 2.05. The summed E-state index contributed by atoms with van der Waals surface area (Å²) in [6.07, 6.45) is 6.10. The highest BCUT2D eigenvalue weighted by atomic mass is 16.1. The van der Waals surface area contributed by atoms with E-state index in [1.165, 1.54) is 6.33 Å². The number of carbonyl (C=O) groups excluding carboxylic acids is 1. The number of nitrogens with one attached hydrogen (secondary N) is 2. The van der Waals surface area contributed by atoms with E-state index in [1.807, 2.05) is 0 Å². The normalized spacial score (nSPS) is 9.76. The van der Waals surface area contributed by atoms with Crippen LogP contribution < -0.4 is 11.1 Å². The third-order valence-corrected chi connectivity index (χ3v) is 2.73. The molecule has 0 fully saturated rings. The number of nitrogens with two attached hydrogens (primary N) is 1. The summed E-state index contributed by atoms with van der Waals surface area (Å²) >= 11 is 0. The van der Waals surface area contributed by atoms with Gasteiger partial charge >= 0.3 is 0 Å². The molecule has 0 radical (unpaired) electrons. The molecule has 0 aliphatic heterocycles. The van der Waals surface area contributed by atoms with Gasteiger partial charge < -0.3 is 11.1 Å². The van der Waals surface area contributed by atoms with Crippen molar-refractivity contribution in [1.29, 1.82) is 0 Å². The van der Waals surface area contributed by atoms with Crippen LogP contribution in [0.2, 0.25) is 0 Å². The predicted molar refractivity (Wildman–Crippen MR) is 77.2 cm³/mol. The molecular weight excluding hydrogens is 268 g/mol. The number of nitrogens with zero attached hydrogens (tertiary/aromatic N) is 3. The minimum absolute atomic E-state index is 0.170. The van der Waals surface area contributed by atoms with Gasteiger partial charge in [-0.25, -0.2) is 4.98 Å². The first-order valence-electron chi connectivity index (χ1n) is 6.56. The molecule has 0 spiro atoms. The first kappa shape index (κ1) is 14.7. The van der Waals surface area contributed by atoms with E-state index in [4.69, 9.17) is 5.73 Å². The van der Waals surface area contributed by atoms with Crippen molar-refractivity contribution in [3.8, 4) is 11.8 Å². The number of H-pyrrole nitrogens is 1. The first-order valence-corrected chi connectivity index (χ1v) is 6.56. The molecule has 1 amide bonds. The van der Waals surface area contributed by atoms with E-state index >= 15 is 0 Å². The summed E-state index contributed by atoms with van der Waals surface area (Å²) in [5.41, 5.74) is 6.42. The summed E-state index contributed by atoms with van der Waals surface area (Å²) in [5, 5.41) is 9.40. The standard InChI is InChI=1S/C14H16N6O/c15-6-1-3-11-9-16-8-5-12(11)14(21)17-7-2-4-13-18-10-19-20-13/h5,8-10H,2,4,6-7,15H2,(H,17,21)(H,18,19,20). The number of amides is 1. The molecule has 21 heavy (non-hydrogen) atoms. The number of hydrogen-bond acceptors (Lipinski definition) is 5. The van der Waals surface area contributed by atoms with Crippen LogP contribution in [0.25, 0.3) is 0 Å². The van der Waals surface area contributed by atoms with Crippen molar-refractivity contribution < 1.29 is 4.79 Å². The molecule has 7 heteroatoms.